The Labute approximate surface area is 186 Å². The average Bonchev–Trinajstić information content (AvgIpc) is 3.03. The maximum Gasteiger partial charge on any atom is 0.201 e. The molecule has 4 nitrogen and oxygen atoms in total. The van der Waals surface area contributed by atoms with Gasteiger partial charge < -0.3 is 4.57 Å². The fraction of sp³-hybridized carbons (Fsp3) is 0. The minimum Gasteiger partial charge on any atom is -0.309 e. The molecule has 2 heterocycles. The predicted octanol–water partition coefficient (Wildman–Crippen LogP) is 6.92. The molecule has 0 aliphatic rings. The van der Waals surface area contributed by atoms with Crippen molar-refractivity contribution in [2.75, 3.05) is 0 Å². The first-order valence-electron chi connectivity index (χ1n) is 8.48. The van der Waals surface area contributed by atoms with Crippen LogP contribution in [-0.4, -0.2) is 19.5 Å². The zero-order valence-corrected chi connectivity index (χ0v) is 19.0. The third-order valence-corrected chi connectivity index (χ3v) is 6.14. The molecule has 0 N–H and O–H groups in total. The molecule has 3 aromatic carbocycles. The molecule has 2 aromatic heterocycles. The van der Waals surface area contributed by atoms with Crippen molar-refractivity contribution in [1.82, 2.24) is 19.5 Å². The zero-order valence-electron chi connectivity index (χ0n) is 14.3. The van der Waals surface area contributed by atoms with E-state index in [9.17, 15) is 0 Å². The summed E-state index contributed by atoms with van der Waals surface area (Å²) in [5, 5.41) is 2.30. The van der Waals surface area contributed by atoms with Crippen molar-refractivity contribution in [2.45, 2.75) is 0 Å². The van der Waals surface area contributed by atoms with E-state index in [1.54, 1.807) is 0 Å². The highest BCUT2D eigenvalue weighted by atomic mass is 79.9. The van der Waals surface area contributed by atoms with E-state index >= 15 is 0 Å². The Hall–Kier alpha value is -2.09. The number of benzene rings is 3. The molecule has 0 bridgehead atoms. The molecule has 5 aromatic rings. The summed E-state index contributed by atoms with van der Waals surface area (Å²) in [5.74, 6) is 0.596. The summed E-state index contributed by atoms with van der Waals surface area (Å²) in [5.41, 5.74) is 4.31. The Kier molecular flexibility index (Phi) is 4.53. The van der Waals surface area contributed by atoms with Crippen molar-refractivity contribution in [2.24, 2.45) is 0 Å². The second-order valence-corrected chi connectivity index (χ2v) is 8.42. The van der Waals surface area contributed by atoms with E-state index in [1.165, 1.54) is 5.39 Å². The summed E-state index contributed by atoms with van der Waals surface area (Å²) in [6.07, 6.45) is 0. The topological polar surface area (TPSA) is 43.6 Å². The molecule has 0 saturated heterocycles. The Morgan fingerprint density at radius 1 is 0.643 bits per heavy atom. The van der Waals surface area contributed by atoms with Gasteiger partial charge in [0, 0.05) is 26.5 Å². The van der Waals surface area contributed by atoms with E-state index in [2.05, 4.69) is 122 Å². The van der Waals surface area contributed by atoms with Crippen LogP contribution in [0.2, 0.25) is 0 Å². The molecular weight excluding hydrogens is 548 g/mol. The molecule has 0 spiro atoms. The molecule has 0 amide bonds. The smallest absolute Gasteiger partial charge is 0.201 e. The van der Waals surface area contributed by atoms with Crippen LogP contribution >= 0.6 is 47.8 Å². The SMILES string of the molecule is Brc1nc(Br)nc(-c2ccc3c(c2Br)c2ccccc2n3-c2ccccc2)n1. The number of nitrogens with zero attached hydrogens (tertiary/aromatic N) is 4. The van der Waals surface area contributed by atoms with E-state index in [4.69, 9.17) is 0 Å². The van der Waals surface area contributed by atoms with Gasteiger partial charge in [0.1, 0.15) is 0 Å². The highest BCUT2D eigenvalue weighted by molar-refractivity contribution is 9.11. The van der Waals surface area contributed by atoms with Crippen molar-refractivity contribution in [3.05, 3.63) is 80.7 Å². The Balaban J connectivity index is 1.89. The van der Waals surface area contributed by atoms with E-state index in [1.807, 2.05) is 12.1 Å². The second kappa shape index (κ2) is 7.06. The first kappa shape index (κ1) is 18.0. The average molecular weight is 559 g/mol. The molecule has 0 fully saturated rings. The summed E-state index contributed by atoms with van der Waals surface area (Å²) in [6.45, 7) is 0. The first-order valence-corrected chi connectivity index (χ1v) is 10.9. The van der Waals surface area contributed by atoms with Crippen molar-refractivity contribution < 1.29 is 0 Å². The van der Waals surface area contributed by atoms with Gasteiger partial charge in [-0.3, -0.25) is 0 Å². The number of fused-ring (bicyclic) bond motifs is 3. The number of aromatic nitrogens is 4. The zero-order chi connectivity index (χ0) is 19.3. The second-order valence-electron chi connectivity index (χ2n) is 6.21. The third-order valence-electron chi connectivity index (χ3n) is 4.61. The highest BCUT2D eigenvalue weighted by Gasteiger charge is 2.18. The van der Waals surface area contributed by atoms with Crippen LogP contribution in [0.1, 0.15) is 0 Å². The van der Waals surface area contributed by atoms with E-state index in [-0.39, 0.29) is 0 Å². The van der Waals surface area contributed by atoms with Gasteiger partial charge in [0.25, 0.3) is 0 Å². The van der Waals surface area contributed by atoms with Gasteiger partial charge in [-0.2, -0.15) is 4.98 Å². The minimum atomic E-state index is 0.489. The van der Waals surface area contributed by atoms with Crippen LogP contribution in [0.4, 0.5) is 0 Å². The van der Waals surface area contributed by atoms with Crippen molar-refractivity contribution in [1.29, 1.82) is 0 Å². The maximum atomic E-state index is 4.44. The number of hydrogen-bond acceptors (Lipinski definition) is 3. The van der Waals surface area contributed by atoms with Crippen LogP contribution < -0.4 is 0 Å². The molecule has 0 unspecified atom stereocenters. The van der Waals surface area contributed by atoms with Crippen molar-refractivity contribution in [3.8, 4) is 17.1 Å². The lowest BCUT2D eigenvalue weighted by molar-refractivity contribution is 0.983. The van der Waals surface area contributed by atoms with Gasteiger partial charge >= 0.3 is 0 Å². The largest absolute Gasteiger partial charge is 0.309 e. The van der Waals surface area contributed by atoms with Gasteiger partial charge in [-0.25, -0.2) is 9.97 Å². The molecule has 0 atom stereocenters. The van der Waals surface area contributed by atoms with Crippen LogP contribution in [0, 0.1) is 0 Å². The summed E-state index contributed by atoms with van der Waals surface area (Å²) in [4.78, 5) is 13.0. The van der Waals surface area contributed by atoms with Crippen LogP contribution in [0.25, 0.3) is 38.9 Å². The maximum absolute atomic E-state index is 4.44. The molecule has 5 rings (SSSR count). The molecule has 0 saturated carbocycles. The Morgan fingerprint density at radius 3 is 2.07 bits per heavy atom. The number of para-hydroxylation sites is 2. The molecule has 28 heavy (non-hydrogen) atoms. The normalized spacial score (nSPS) is 11.4. The van der Waals surface area contributed by atoms with Gasteiger partial charge in [0.15, 0.2) is 5.82 Å². The number of rotatable bonds is 2. The summed E-state index contributed by atoms with van der Waals surface area (Å²) < 4.78 is 4.21. The molecular formula is C21H11Br3N4. The van der Waals surface area contributed by atoms with E-state index in [0.29, 0.717) is 15.3 Å². The van der Waals surface area contributed by atoms with Gasteiger partial charge in [0.2, 0.25) is 9.47 Å². The van der Waals surface area contributed by atoms with Crippen LogP contribution in [-0.2, 0) is 0 Å². The summed E-state index contributed by atoms with van der Waals surface area (Å²) in [6, 6.07) is 23.0. The highest BCUT2D eigenvalue weighted by Crippen LogP contribution is 2.40. The standard InChI is InChI=1S/C21H11Br3N4/c22-18-14(19-25-20(23)27-21(24)26-19)10-11-16-17(18)13-8-4-5-9-15(13)28(16)12-6-2-1-3-7-12/h1-11H. The fourth-order valence-corrected chi connectivity index (χ4v) is 5.13. The molecule has 0 aliphatic carbocycles. The van der Waals surface area contributed by atoms with Crippen molar-refractivity contribution >= 4 is 69.6 Å². The fourth-order valence-electron chi connectivity index (χ4n) is 3.49. The van der Waals surface area contributed by atoms with E-state index < -0.39 is 0 Å². The third kappa shape index (κ3) is 2.89. The Bertz CT molecular complexity index is 1330. The molecule has 7 heteroatoms. The van der Waals surface area contributed by atoms with Crippen LogP contribution in [0.3, 0.4) is 0 Å². The van der Waals surface area contributed by atoms with Crippen LogP contribution in [0.15, 0.2) is 80.7 Å². The first-order chi connectivity index (χ1) is 13.6. The molecule has 0 radical (unpaired) electrons. The lowest BCUT2D eigenvalue weighted by atomic mass is 10.1. The Morgan fingerprint density at radius 2 is 1.32 bits per heavy atom. The van der Waals surface area contributed by atoms with E-state index in [0.717, 1.165) is 32.1 Å². The van der Waals surface area contributed by atoms with Gasteiger partial charge in [-0.15, -0.1) is 0 Å². The quantitative estimate of drug-likeness (QED) is 0.236. The molecule has 0 aliphatic heterocycles. The monoisotopic (exact) mass is 556 g/mol. The van der Waals surface area contributed by atoms with Crippen LogP contribution in [0.5, 0.6) is 0 Å². The number of halogens is 3. The van der Waals surface area contributed by atoms with Gasteiger partial charge in [-0.1, -0.05) is 36.4 Å². The summed E-state index contributed by atoms with van der Waals surface area (Å²) >= 11 is 10.5. The summed E-state index contributed by atoms with van der Waals surface area (Å²) in [7, 11) is 0. The minimum absolute atomic E-state index is 0.489. The lowest BCUT2D eigenvalue weighted by Gasteiger charge is -2.09. The lowest BCUT2D eigenvalue weighted by Crippen LogP contribution is -1.96. The van der Waals surface area contributed by atoms with Gasteiger partial charge in [0.05, 0.1) is 11.0 Å². The predicted molar refractivity (Wildman–Crippen MR) is 123 cm³/mol. The van der Waals surface area contributed by atoms with Crippen molar-refractivity contribution in [3.63, 3.8) is 0 Å². The molecule has 136 valence electrons. The van der Waals surface area contributed by atoms with Gasteiger partial charge in [-0.05, 0) is 78.1 Å². The number of hydrogen-bond donors (Lipinski definition) is 0.